The summed E-state index contributed by atoms with van der Waals surface area (Å²) < 4.78 is 11.0. The van der Waals surface area contributed by atoms with Crippen molar-refractivity contribution < 1.29 is 14.1 Å². The molecule has 1 aromatic heterocycles. The molecule has 0 saturated carbocycles. The van der Waals surface area contributed by atoms with Crippen molar-refractivity contribution in [2.24, 2.45) is 0 Å². The van der Waals surface area contributed by atoms with Crippen LogP contribution in [0, 0.1) is 6.92 Å². The molecule has 140 valence electrons. The maximum Gasteiger partial charge on any atom is 0.254 e. The van der Waals surface area contributed by atoms with Gasteiger partial charge in [0, 0.05) is 18.2 Å². The highest BCUT2D eigenvalue weighted by Gasteiger charge is 2.17. The third-order valence-corrected chi connectivity index (χ3v) is 3.92. The van der Waals surface area contributed by atoms with E-state index in [0.29, 0.717) is 23.0 Å². The molecule has 6 nitrogen and oxygen atoms in total. The van der Waals surface area contributed by atoms with E-state index in [2.05, 4.69) is 10.1 Å². The summed E-state index contributed by atoms with van der Waals surface area (Å²) in [5.74, 6) is 1.43. The van der Waals surface area contributed by atoms with Gasteiger partial charge in [-0.25, -0.2) is 0 Å². The monoisotopic (exact) mass is 365 g/mol. The Bertz CT molecular complexity index is 934. The zero-order valence-corrected chi connectivity index (χ0v) is 16.0. The van der Waals surface area contributed by atoms with Crippen molar-refractivity contribution in [1.29, 1.82) is 0 Å². The van der Waals surface area contributed by atoms with E-state index in [1.165, 1.54) is 0 Å². The second-order valence-corrected chi connectivity index (χ2v) is 6.74. The molecule has 2 aromatic carbocycles. The molecule has 3 rings (SSSR count). The summed E-state index contributed by atoms with van der Waals surface area (Å²) in [4.78, 5) is 18.6. The van der Waals surface area contributed by atoms with Crippen molar-refractivity contribution >= 4 is 5.91 Å². The number of aryl methyl sites for hydroxylation is 1. The molecule has 27 heavy (non-hydrogen) atoms. The molecule has 6 heteroatoms. The Morgan fingerprint density at radius 3 is 2.70 bits per heavy atom. The van der Waals surface area contributed by atoms with Gasteiger partial charge in [0.2, 0.25) is 11.7 Å². The normalized spacial score (nSPS) is 10.9. The van der Waals surface area contributed by atoms with Crippen molar-refractivity contribution in [1.82, 2.24) is 15.0 Å². The molecule has 0 saturated heterocycles. The Balaban J connectivity index is 1.70. The average Bonchev–Trinajstić information content (AvgIpc) is 3.09. The highest BCUT2D eigenvalue weighted by atomic mass is 16.5. The molecular formula is C21H23N3O3. The first kappa shape index (κ1) is 18.6. The fourth-order valence-corrected chi connectivity index (χ4v) is 2.69. The summed E-state index contributed by atoms with van der Waals surface area (Å²) in [6.45, 7) is 6.13. The Hall–Kier alpha value is -3.15. The number of carbonyl (C=O) groups excluding carboxylic acids is 1. The lowest BCUT2D eigenvalue weighted by atomic mass is 10.1. The van der Waals surface area contributed by atoms with Gasteiger partial charge in [-0.1, -0.05) is 35.0 Å². The van der Waals surface area contributed by atoms with Gasteiger partial charge in [0.25, 0.3) is 5.91 Å². The Kier molecular flexibility index (Phi) is 5.54. The molecule has 0 aliphatic heterocycles. The van der Waals surface area contributed by atoms with Gasteiger partial charge in [0.05, 0.1) is 12.6 Å². The van der Waals surface area contributed by atoms with Gasteiger partial charge in [-0.15, -0.1) is 0 Å². The molecule has 1 amide bonds. The number of hydrogen-bond acceptors (Lipinski definition) is 5. The summed E-state index contributed by atoms with van der Waals surface area (Å²) >= 11 is 0. The van der Waals surface area contributed by atoms with Crippen molar-refractivity contribution in [3.63, 3.8) is 0 Å². The SMILES string of the molecule is Cc1cccc(-c2noc(CN(C)C(=O)c3cccc(OC(C)C)c3)n2)c1. The van der Waals surface area contributed by atoms with E-state index in [9.17, 15) is 4.79 Å². The first-order chi connectivity index (χ1) is 12.9. The molecule has 0 unspecified atom stereocenters. The molecule has 0 radical (unpaired) electrons. The van der Waals surface area contributed by atoms with E-state index in [4.69, 9.17) is 9.26 Å². The predicted octanol–water partition coefficient (Wildman–Crippen LogP) is 4.10. The summed E-state index contributed by atoms with van der Waals surface area (Å²) in [6, 6.07) is 15.0. The van der Waals surface area contributed by atoms with Crippen LogP contribution in [0.15, 0.2) is 53.1 Å². The molecule has 0 aliphatic rings. The lowest BCUT2D eigenvalue weighted by Gasteiger charge is -2.16. The Labute approximate surface area is 158 Å². The second-order valence-electron chi connectivity index (χ2n) is 6.74. The van der Waals surface area contributed by atoms with Gasteiger partial charge in [-0.05, 0) is 45.0 Å². The minimum atomic E-state index is -0.139. The van der Waals surface area contributed by atoms with Crippen molar-refractivity contribution in [3.8, 4) is 17.1 Å². The van der Waals surface area contributed by atoms with Gasteiger partial charge in [0.1, 0.15) is 5.75 Å². The number of aromatic nitrogens is 2. The third kappa shape index (κ3) is 4.73. The zero-order valence-electron chi connectivity index (χ0n) is 16.0. The quantitative estimate of drug-likeness (QED) is 0.658. The van der Waals surface area contributed by atoms with E-state index in [1.807, 2.05) is 51.1 Å². The van der Waals surface area contributed by atoms with Crippen LogP contribution in [0.25, 0.3) is 11.4 Å². The van der Waals surface area contributed by atoms with Gasteiger partial charge in [-0.2, -0.15) is 4.98 Å². The van der Waals surface area contributed by atoms with E-state index in [0.717, 1.165) is 11.1 Å². The molecule has 0 atom stereocenters. The molecule has 0 fully saturated rings. The van der Waals surface area contributed by atoms with Crippen molar-refractivity contribution in [2.45, 2.75) is 33.4 Å². The second kappa shape index (κ2) is 8.03. The summed E-state index contributed by atoms with van der Waals surface area (Å²) in [5, 5.41) is 4.02. The molecule has 1 heterocycles. The number of hydrogen-bond donors (Lipinski definition) is 0. The summed E-state index contributed by atoms with van der Waals surface area (Å²) in [5.41, 5.74) is 2.56. The molecular weight excluding hydrogens is 342 g/mol. The number of amides is 1. The Morgan fingerprint density at radius 1 is 1.19 bits per heavy atom. The number of ether oxygens (including phenoxy) is 1. The van der Waals surface area contributed by atoms with Gasteiger partial charge < -0.3 is 14.2 Å². The van der Waals surface area contributed by atoms with E-state index >= 15 is 0 Å². The van der Waals surface area contributed by atoms with Gasteiger partial charge in [-0.3, -0.25) is 4.79 Å². The maximum atomic E-state index is 12.7. The lowest BCUT2D eigenvalue weighted by Crippen LogP contribution is -2.26. The first-order valence-electron chi connectivity index (χ1n) is 8.84. The topological polar surface area (TPSA) is 68.5 Å². The number of carbonyl (C=O) groups is 1. The Morgan fingerprint density at radius 2 is 1.96 bits per heavy atom. The van der Waals surface area contributed by atoms with Crippen LogP contribution < -0.4 is 4.74 Å². The van der Waals surface area contributed by atoms with E-state index in [1.54, 1.807) is 30.1 Å². The van der Waals surface area contributed by atoms with Crippen LogP contribution >= 0.6 is 0 Å². The summed E-state index contributed by atoms with van der Waals surface area (Å²) in [6.07, 6.45) is 0.0477. The number of benzene rings is 2. The van der Waals surface area contributed by atoms with Crippen LogP contribution in [0.4, 0.5) is 0 Å². The van der Waals surface area contributed by atoms with Crippen LogP contribution in [0.2, 0.25) is 0 Å². The fraction of sp³-hybridized carbons (Fsp3) is 0.286. The third-order valence-electron chi connectivity index (χ3n) is 3.92. The van der Waals surface area contributed by atoms with Crippen molar-refractivity contribution in [2.75, 3.05) is 7.05 Å². The van der Waals surface area contributed by atoms with Crippen LogP contribution in [-0.2, 0) is 6.54 Å². The minimum Gasteiger partial charge on any atom is -0.491 e. The van der Waals surface area contributed by atoms with E-state index < -0.39 is 0 Å². The van der Waals surface area contributed by atoms with Crippen LogP contribution in [0.5, 0.6) is 5.75 Å². The highest BCUT2D eigenvalue weighted by Crippen LogP contribution is 2.19. The molecule has 0 bridgehead atoms. The van der Waals surface area contributed by atoms with Crippen molar-refractivity contribution in [3.05, 3.63) is 65.5 Å². The zero-order chi connectivity index (χ0) is 19.4. The van der Waals surface area contributed by atoms with Gasteiger partial charge in [0.15, 0.2) is 0 Å². The largest absolute Gasteiger partial charge is 0.491 e. The minimum absolute atomic E-state index is 0.0477. The van der Waals surface area contributed by atoms with E-state index in [-0.39, 0.29) is 18.6 Å². The molecule has 3 aromatic rings. The van der Waals surface area contributed by atoms with Crippen LogP contribution in [0.3, 0.4) is 0 Å². The van der Waals surface area contributed by atoms with Crippen LogP contribution in [0.1, 0.15) is 35.7 Å². The fourth-order valence-electron chi connectivity index (χ4n) is 2.69. The number of rotatable bonds is 6. The smallest absolute Gasteiger partial charge is 0.254 e. The molecule has 0 N–H and O–H groups in total. The molecule has 0 aliphatic carbocycles. The predicted molar refractivity (Wildman–Crippen MR) is 102 cm³/mol. The number of nitrogens with zero attached hydrogens (tertiary/aromatic N) is 3. The average molecular weight is 365 g/mol. The van der Waals surface area contributed by atoms with Crippen LogP contribution in [-0.4, -0.2) is 34.1 Å². The molecule has 0 spiro atoms. The highest BCUT2D eigenvalue weighted by molar-refractivity contribution is 5.94. The maximum absolute atomic E-state index is 12.7. The first-order valence-corrected chi connectivity index (χ1v) is 8.84. The lowest BCUT2D eigenvalue weighted by molar-refractivity contribution is 0.0769. The van der Waals surface area contributed by atoms with Gasteiger partial charge >= 0.3 is 0 Å². The summed E-state index contributed by atoms with van der Waals surface area (Å²) in [7, 11) is 1.70. The standard InChI is InChI=1S/C21H23N3O3/c1-14(2)26-18-10-6-9-17(12-18)21(25)24(4)13-19-22-20(23-27-19)16-8-5-7-15(3)11-16/h5-12,14H,13H2,1-4H3.